The van der Waals surface area contributed by atoms with Crippen LogP contribution in [0, 0.1) is 0 Å². The van der Waals surface area contributed by atoms with Crippen molar-refractivity contribution in [3.63, 3.8) is 0 Å². The molecule has 0 aliphatic carbocycles. The Balaban J connectivity index is 2.31. The Bertz CT molecular complexity index is 893. The molecule has 3 aromatic rings. The van der Waals surface area contributed by atoms with Crippen molar-refractivity contribution >= 4 is 10.9 Å². The average molecular weight is 322 g/mol. The summed E-state index contributed by atoms with van der Waals surface area (Å²) in [4.78, 5) is 18.0. The van der Waals surface area contributed by atoms with E-state index in [1.54, 1.807) is 4.57 Å². The Morgan fingerprint density at radius 1 is 1.08 bits per heavy atom. The van der Waals surface area contributed by atoms with E-state index < -0.39 is 0 Å². The third-order valence-electron chi connectivity index (χ3n) is 4.58. The van der Waals surface area contributed by atoms with Crippen LogP contribution < -0.4 is 10.9 Å². The summed E-state index contributed by atoms with van der Waals surface area (Å²) in [6, 6.07) is 15.9. The summed E-state index contributed by atoms with van der Waals surface area (Å²) in [7, 11) is 2.03. The molecule has 0 aliphatic rings. The molecule has 4 nitrogen and oxygen atoms in total. The van der Waals surface area contributed by atoms with Crippen molar-refractivity contribution in [3.05, 3.63) is 70.3 Å². The van der Waals surface area contributed by atoms with Gasteiger partial charge in [-0.3, -0.25) is 9.36 Å². The van der Waals surface area contributed by atoms with Crippen LogP contribution in [0.5, 0.6) is 0 Å². The van der Waals surface area contributed by atoms with Crippen molar-refractivity contribution in [1.82, 2.24) is 9.55 Å². The first kappa shape index (κ1) is 16.4. The maximum Gasteiger partial charge on any atom is 0.266 e. The predicted octanol–water partition coefficient (Wildman–Crippen LogP) is 2.59. The Morgan fingerprint density at radius 2 is 1.79 bits per heavy atom. The van der Waals surface area contributed by atoms with Gasteiger partial charge < -0.3 is 5.32 Å². The van der Waals surface area contributed by atoms with E-state index in [0.29, 0.717) is 5.39 Å². The van der Waals surface area contributed by atoms with E-state index in [2.05, 4.69) is 31.3 Å². The standard InChI is InChI=1S/C20H23N3O/c1-4-14-10-12-15(13-11-14)23-19(17(5-2)21-3)22-18-9-7-6-8-16(18)20(23)24/h6-13,17,21H,4-5H2,1-3H3/p+1/t17-/m1/s1. The van der Waals surface area contributed by atoms with Crippen LogP contribution >= 0.6 is 0 Å². The zero-order valence-electron chi connectivity index (χ0n) is 14.5. The molecule has 24 heavy (non-hydrogen) atoms. The fourth-order valence-electron chi connectivity index (χ4n) is 3.10. The van der Waals surface area contributed by atoms with Crippen LogP contribution in [0.2, 0.25) is 0 Å². The Morgan fingerprint density at radius 3 is 2.42 bits per heavy atom. The monoisotopic (exact) mass is 322 g/mol. The molecule has 0 fully saturated rings. The SMILES string of the molecule is CCc1ccc(-n2c([C@@H](CC)[NH2+]C)nc3ccccc3c2=O)cc1. The van der Waals surface area contributed by atoms with Crippen LogP contribution in [-0.4, -0.2) is 16.6 Å². The van der Waals surface area contributed by atoms with E-state index in [1.165, 1.54) is 5.56 Å². The highest BCUT2D eigenvalue weighted by molar-refractivity contribution is 5.77. The molecule has 0 unspecified atom stereocenters. The smallest absolute Gasteiger partial charge is 0.266 e. The molecular formula is C20H24N3O+. The van der Waals surface area contributed by atoms with Gasteiger partial charge >= 0.3 is 0 Å². The summed E-state index contributed by atoms with van der Waals surface area (Å²) < 4.78 is 1.77. The first-order chi connectivity index (χ1) is 11.7. The average Bonchev–Trinajstić information content (AvgIpc) is 2.63. The number of nitrogens with zero attached hydrogens (tertiary/aromatic N) is 2. The predicted molar refractivity (Wildman–Crippen MR) is 97.6 cm³/mol. The number of aromatic nitrogens is 2. The van der Waals surface area contributed by atoms with Crippen molar-refractivity contribution in [2.75, 3.05) is 7.05 Å². The minimum Gasteiger partial charge on any atom is -0.340 e. The number of benzene rings is 2. The molecule has 124 valence electrons. The lowest BCUT2D eigenvalue weighted by Crippen LogP contribution is -2.81. The largest absolute Gasteiger partial charge is 0.340 e. The van der Waals surface area contributed by atoms with E-state index in [9.17, 15) is 4.79 Å². The molecule has 0 saturated heterocycles. The molecule has 0 spiro atoms. The van der Waals surface area contributed by atoms with Crippen molar-refractivity contribution < 1.29 is 5.32 Å². The van der Waals surface area contributed by atoms with Crippen LogP contribution in [0.25, 0.3) is 16.6 Å². The lowest BCUT2D eigenvalue weighted by Gasteiger charge is -2.18. The highest BCUT2D eigenvalue weighted by Crippen LogP contribution is 2.18. The molecule has 4 heteroatoms. The van der Waals surface area contributed by atoms with Gasteiger partial charge in [0.05, 0.1) is 23.6 Å². The molecule has 1 aromatic heterocycles. The van der Waals surface area contributed by atoms with Crippen molar-refractivity contribution in [2.45, 2.75) is 32.7 Å². The van der Waals surface area contributed by atoms with E-state index in [0.717, 1.165) is 29.9 Å². The Hall–Kier alpha value is -2.46. The molecular weight excluding hydrogens is 298 g/mol. The number of quaternary nitrogens is 1. The first-order valence-electron chi connectivity index (χ1n) is 8.60. The summed E-state index contributed by atoms with van der Waals surface area (Å²) in [5.41, 5.74) is 2.90. The van der Waals surface area contributed by atoms with Crippen molar-refractivity contribution in [1.29, 1.82) is 0 Å². The number of aryl methyl sites for hydroxylation is 1. The molecule has 3 rings (SSSR count). The molecule has 1 atom stereocenters. The van der Waals surface area contributed by atoms with Crippen LogP contribution in [0.4, 0.5) is 0 Å². The Labute approximate surface area is 142 Å². The van der Waals surface area contributed by atoms with E-state index >= 15 is 0 Å². The molecule has 0 amide bonds. The van der Waals surface area contributed by atoms with Gasteiger partial charge in [0.2, 0.25) is 0 Å². The van der Waals surface area contributed by atoms with Crippen molar-refractivity contribution in [2.24, 2.45) is 0 Å². The first-order valence-corrected chi connectivity index (χ1v) is 8.60. The maximum atomic E-state index is 13.1. The summed E-state index contributed by atoms with van der Waals surface area (Å²) >= 11 is 0. The molecule has 2 N–H and O–H groups in total. The van der Waals surface area contributed by atoms with Crippen LogP contribution in [0.1, 0.15) is 37.7 Å². The van der Waals surface area contributed by atoms with E-state index in [4.69, 9.17) is 4.98 Å². The zero-order valence-corrected chi connectivity index (χ0v) is 14.5. The number of fused-ring (bicyclic) bond motifs is 1. The molecule has 0 radical (unpaired) electrons. The summed E-state index contributed by atoms with van der Waals surface area (Å²) in [5, 5.41) is 2.78. The number of hydrogen-bond acceptors (Lipinski definition) is 2. The highest BCUT2D eigenvalue weighted by atomic mass is 16.1. The second-order valence-electron chi connectivity index (χ2n) is 6.00. The van der Waals surface area contributed by atoms with E-state index in [-0.39, 0.29) is 11.6 Å². The normalized spacial score (nSPS) is 12.5. The van der Waals surface area contributed by atoms with Crippen LogP contribution in [0.3, 0.4) is 0 Å². The van der Waals surface area contributed by atoms with Gasteiger partial charge in [0.25, 0.3) is 5.56 Å². The molecule has 0 bridgehead atoms. The third-order valence-corrected chi connectivity index (χ3v) is 4.58. The number of rotatable bonds is 5. The second kappa shape index (κ2) is 6.97. The molecule has 0 saturated carbocycles. The van der Waals surface area contributed by atoms with Crippen LogP contribution in [-0.2, 0) is 6.42 Å². The van der Waals surface area contributed by atoms with Gasteiger partial charge in [0.1, 0.15) is 6.04 Å². The zero-order chi connectivity index (χ0) is 17.1. The molecule has 2 aromatic carbocycles. The highest BCUT2D eigenvalue weighted by Gasteiger charge is 2.21. The lowest BCUT2D eigenvalue weighted by molar-refractivity contribution is -0.672. The minimum absolute atomic E-state index is 0.000137. The summed E-state index contributed by atoms with van der Waals surface area (Å²) in [5.74, 6) is 0.813. The van der Waals surface area contributed by atoms with Crippen molar-refractivity contribution in [3.8, 4) is 5.69 Å². The minimum atomic E-state index is 0.000137. The molecule has 0 aliphatic heterocycles. The van der Waals surface area contributed by atoms with Gasteiger partial charge in [-0.15, -0.1) is 0 Å². The van der Waals surface area contributed by atoms with Gasteiger partial charge in [-0.25, -0.2) is 4.98 Å². The summed E-state index contributed by atoms with van der Waals surface area (Å²) in [6.45, 7) is 4.25. The third kappa shape index (κ3) is 2.85. The number of para-hydroxylation sites is 1. The lowest BCUT2D eigenvalue weighted by atomic mass is 10.1. The fraction of sp³-hybridized carbons (Fsp3) is 0.300. The van der Waals surface area contributed by atoms with Gasteiger partial charge in [0, 0.05) is 6.42 Å². The quantitative estimate of drug-likeness (QED) is 0.785. The van der Waals surface area contributed by atoms with Gasteiger partial charge in [0.15, 0.2) is 5.82 Å². The summed E-state index contributed by atoms with van der Waals surface area (Å²) in [6.07, 6.45) is 1.90. The topological polar surface area (TPSA) is 51.5 Å². The second-order valence-corrected chi connectivity index (χ2v) is 6.00. The molecule has 1 heterocycles. The van der Waals surface area contributed by atoms with Gasteiger partial charge in [-0.1, -0.05) is 38.1 Å². The fourth-order valence-corrected chi connectivity index (χ4v) is 3.10. The maximum absolute atomic E-state index is 13.1. The van der Waals surface area contributed by atoms with Crippen LogP contribution in [0.15, 0.2) is 53.3 Å². The van der Waals surface area contributed by atoms with Gasteiger partial charge in [-0.2, -0.15) is 0 Å². The number of nitrogens with two attached hydrogens (primary N) is 1. The Kier molecular flexibility index (Phi) is 4.76. The van der Waals surface area contributed by atoms with E-state index in [1.807, 2.05) is 43.4 Å². The number of hydrogen-bond donors (Lipinski definition) is 1. The van der Waals surface area contributed by atoms with Gasteiger partial charge in [-0.05, 0) is 36.2 Å².